The molecule has 0 radical (unpaired) electrons. The molecular formula is C13H15FO3. The maximum Gasteiger partial charge on any atom is 0.313 e. The van der Waals surface area contributed by atoms with Crippen LogP contribution in [0.3, 0.4) is 0 Å². The first-order valence-electron chi connectivity index (χ1n) is 5.59. The van der Waals surface area contributed by atoms with Gasteiger partial charge in [-0.25, -0.2) is 4.39 Å². The summed E-state index contributed by atoms with van der Waals surface area (Å²) in [7, 11) is 0. The van der Waals surface area contributed by atoms with Gasteiger partial charge in [-0.3, -0.25) is 4.79 Å². The van der Waals surface area contributed by atoms with E-state index in [0.717, 1.165) is 0 Å². The van der Waals surface area contributed by atoms with Gasteiger partial charge in [0, 0.05) is 5.92 Å². The second-order valence-corrected chi connectivity index (χ2v) is 4.75. The molecule has 1 N–H and O–H groups in total. The van der Waals surface area contributed by atoms with Crippen molar-refractivity contribution >= 4 is 5.97 Å². The van der Waals surface area contributed by atoms with Gasteiger partial charge in [0.05, 0.1) is 18.6 Å². The fourth-order valence-electron chi connectivity index (χ4n) is 2.13. The van der Waals surface area contributed by atoms with E-state index in [1.165, 1.54) is 12.1 Å². The molecule has 0 aromatic heterocycles. The minimum atomic E-state index is -0.970. The van der Waals surface area contributed by atoms with Gasteiger partial charge in [0.25, 0.3) is 0 Å². The van der Waals surface area contributed by atoms with Crippen LogP contribution >= 0.6 is 0 Å². The summed E-state index contributed by atoms with van der Waals surface area (Å²) in [6, 6.07) is 5.69. The average Bonchev–Trinajstić information content (AvgIpc) is 2.24. The van der Waals surface area contributed by atoms with Crippen molar-refractivity contribution in [3.05, 3.63) is 35.6 Å². The minimum absolute atomic E-state index is 0.279. The molecule has 2 rings (SSSR count). The van der Waals surface area contributed by atoms with E-state index in [0.29, 0.717) is 25.2 Å². The Morgan fingerprint density at radius 2 is 2.06 bits per heavy atom. The first-order chi connectivity index (χ1) is 8.02. The van der Waals surface area contributed by atoms with Crippen LogP contribution in [0.4, 0.5) is 4.39 Å². The van der Waals surface area contributed by atoms with Crippen molar-refractivity contribution in [2.75, 3.05) is 13.2 Å². The second kappa shape index (κ2) is 4.45. The van der Waals surface area contributed by atoms with E-state index in [9.17, 15) is 14.3 Å². The number of aliphatic carboxylic acids is 1. The largest absolute Gasteiger partial charge is 0.481 e. The van der Waals surface area contributed by atoms with Crippen LogP contribution in [0.5, 0.6) is 0 Å². The van der Waals surface area contributed by atoms with Gasteiger partial charge in [-0.05, 0) is 31.0 Å². The molecule has 1 aliphatic rings. The Kier molecular flexibility index (Phi) is 3.15. The zero-order chi connectivity index (χ0) is 12.5. The monoisotopic (exact) mass is 238 g/mol. The Hall–Kier alpha value is -1.42. The zero-order valence-electron chi connectivity index (χ0n) is 9.65. The van der Waals surface area contributed by atoms with E-state index in [4.69, 9.17) is 4.74 Å². The van der Waals surface area contributed by atoms with Crippen LogP contribution in [-0.4, -0.2) is 24.3 Å². The van der Waals surface area contributed by atoms with Crippen molar-refractivity contribution in [1.29, 1.82) is 0 Å². The molecular weight excluding hydrogens is 223 g/mol. The molecule has 1 atom stereocenters. The molecule has 3 nitrogen and oxygen atoms in total. The molecule has 1 aromatic carbocycles. The van der Waals surface area contributed by atoms with E-state index >= 15 is 0 Å². The SMILES string of the molecule is CC(CC1COC1)(C(=O)O)c1ccc(F)cc1. The number of ether oxygens (including phenoxy) is 1. The molecule has 1 heterocycles. The zero-order valence-corrected chi connectivity index (χ0v) is 9.65. The van der Waals surface area contributed by atoms with E-state index in [1.54, 1.807) is 19.1 Å². The number of carbonyl (C=O) groups is 1. The Balaban J connectivity index is 2.25. The van der Waals surface area contributed by atoms with Crippen molar-refractivity contribution < 1.29 is 19.0 Å². The summed E-state index contributed by atoms with van der Waals surface area (Å²) in [4.78, 5) is 11.4. The summed E-state index contributed by atoms with van der Waals surface area (Å²) >= 11 is 0. The van der Waals surface area contributed by atoms with Gasteiger partial charge in [-0.2, -0.15) is 0 Å². The van der Waals surface area contributed by atoms with Gasteiger partial charge >= 0.3 is 5.97 Å². The van der Waals surface area contributed by atoms with Crippen molar-refractivity contribution in [2.45, 2.75) is 18.8 Å². The third-order valence-corrected chi connectivity index (χ3v) is 3.36. The predicted octanol–water partition coefficient (Wildman–Crippen LogP) is 2.20. The van der Waals surface area contributed by atoms with Crippen LogP contribution < -0.4 is 0 Å². The van der Waals surface area contributed by atoms with Crippen molar-refractivity contribution in [2.24, 2.45) is 5.92 Å². The predicted molar refractivity (Wildman–Crippen MR) is 60.3 cm³/mol. The maximum atomic E-state index is 12.8. The fourth-order valence-corrected chi connectivity index (χ4v) is 2.13. The minimum Gasteiger partial charge on any atom is -0.481 e. The normalized spacial score (nSPS) is 19.4. The average molecular weight is 238 g/mol. The highest BCUT2D eigenvalue weighted by atomic mass is 19.1. The van der Waals surface area contributed by atoms with Gasteiger partial charge in [-0.15, -0.1) is 0 Å². The van der Waals surface area contributed by atoms with Gasteiger partial charge in [0.2, 0.25) is 0 Å². The molecule has 1 unspecified atom stereocenters. The van der Waals surface area contributed by atoms with E-state index in [2.05, 4.69) is 0 Å². The third kappa shape index (κ3) is 2.31. The van der Waals surface area contributed by atoms with Gasteiger partial charge in [-0.1, -0.05) is 12.1 Å². The summed E-state index contributed by atoms with van der Waals surface area (Å²) < 4.78 is 17.9. The maximum absolute atomic E-state index is 12.8. The van der Waals surface area contributed by atoms with Gasteiger partial charge in [0.15, 0.2) is 0 Å². The topological polar surface area (TPSA) is 46.5 Å². The molecule has 17 heavy (non-hydrogen) atoms. The van der Waals surface area contributed by atoms with E-state index < -0.39 is 11.4 Å². The Bertz CT molecular complexity index is 411. The lowest BCUT2D eigenvalue weighted by molar-refractivity contribution is -0.145. The standard InChI is InChI=1S/C13H15FO3/c1-13(12(15)16,6-9-7-17-8-9)10-2-4-11(14)5-3-10/h2-5,9H,6-8H2,1H3,(H,15,16). The first-order valence-corrected chi connectivity index (χ1v) is 5.59. The lowest BCUT2D eigenvalue weighted by atomic mass is 9.75. The summed E-state index contributed by atoms with van der Waals surface area (Å²) in [5, 5.41) is 9.39. The molecule has 0 bridgehead atoms. The summed E-state index contributed by atoms with van der Waals surface area (Å²) in [5.41, 5.74) is -0.333. The van der Waals surface area contributed by atoms with Crippen LogP contribution in [0, 0.1) is 11.7 Å². The molecule has 92 valence electrons. The lowest BCUT2D eigenvalue weighted by Gasteiger charge is -2.34. The molecule has 1 aromatic rings. The number of halogens is 1. The fraction of sp³-hybridized carbons (Fsp3) is 0.462. The molecule has 1 fully saturated rings. The van der Waals surface area contributed by atoms with E-state index in [-0.39, 0.29) is 11.7 Å². The quantitative estimate of drug-likeness (QED) is 0.874. The number of hydrogen-bond acceptors (Lipinski definition) is 2. The van der Waals surface area contributed by atoms with Gasteiger partial charge < -0.3 is 9.84 Å². The van der Waals surface area contributed by atoms with Crippen molar-refractivity contribution in [1.82, 2.24) is 0 Å². The lowest BCUT2D eigenvalue weighted by Crippen LogP contribution is -2.40. The Morgan fingerprint density at radius 3 is 2.47 bits per heavy atom. The van der Waals surface area contributed by atoms with Crippen LogP contribution in [0.2, 0.25) is 0 Å². The Morgan fingerprint density at radius 1 is 1.47 bits per heavy atom. The number of carboxylic acid groups (broad SMARTS) is 1. The first kappa shape index (κ1) is 12.0. The van der Waals surface area contributed by atoms with Crippen LogP contribution in [0.15, 0.2) is 24.3 Å². The summed E-state index contributed by atoms with van der Waals surface area (Å²) in [6.07, 6.45) is 0.522. The van der Waals surface area contributed by atoms with Crippen molar-refractivity contribution in [3.8, 4) is 0 Å². The molecule has 1 aliphatic heterocycles. The highest BCUT2D eigenvalue weighted by Crippen LogP contribution is 2.34. The van der Waals surface area contributed by atoms with Crippen LogP contribution in [0.25, 0.3) is 0 Å². The summed E-state index contributed by atoms with van der Waals surface area (Å²) in [5.74, 6) is -0.953. The molecule has 0 saturated carbocycles. The highest BCUT2D eigenvalue weighted by Gasteiger charge is 2.39. The smallest absolute Gasteiger partial charge is 0.313 e. The van der Waals surface area contributed by atoms with Crippen LogP contribution in [0.1, 0.15) is 18.9 Å². The third-order valence-electron chi connectivity index (χ3n) is 3.36. The molecule has 0 aliphatic carbocycles. The number of hydrogen-bond donors (Lipinski definition) is 1. The van der Waals surface area contributed by atoms with Gasteiger partial charge in [0.1, 0.15) is 5.82 Å². The highest BCUT2D eigenvalue weighted by molar-refractivity contribution is 5.80. The molecule has 0 spiro atoms. The number of benzene rings is 1. The number of carboxylic acids is 1. The molecule has 1 saturated heterocycles. The van der Waals surface area contributed by atoms with E-state index in [1.807, 2.05) is 0 Å². The second-order valence-electron chi connectivity index (χ2n) is 4.75. The molecule has 4 heteroatoms. The number of rotatable bonds is 4. The Labute approximate surface area is 99.2 Å². The molecule has 0 amide bonds. The summed E-state index contributed by atoms with van der Waals surface area (Å²) in [6.45, 7) is 2.91. The van der Waals surface area contributed by atoms with Crippen LogP contribution in [-0.2, 0) is 14.9 Å². The van der Waals surface area contributed by atoms with Crippen molar-refractivity contribution in [3.63, 3.8) is 0 Å².